The Morgan fingerprint density at radius 2 is 1.77 bits per heavy atom. The molecule has 39 heavy (non-hydrogen) atoms. The van der Waals surface area contributed by atoms with Crippen LogP contribution in [0, 0.1) is 5.41 Å². The number of benzene rings is 2. The molecule has 2 aliphatic rings. The maximum Gasteiger partial charge on any atom is 0.303 e. The number of carbonyl (C=O) groups is 2. The largest absolute Gasteiger partial charge is 0.481 e. The molecule has 2 aromatic carbocycles. The third kappa shape index (κ3) is 6.29. The fraction of sp³-hybridized carbons (Fsp3) is 0.517. The van der Waals surface area contributed by atoms with Gasteiger partial charge in [0.15, 0.2) is 0 Å². The van der Waals surface area contributed by atoms with E-state index in [-0.39, 0.29) is 31.2 Å². The second kappa shape index (κ2) is 11.4. The van der Waals surface area contributed by atoms with Crippen LogP contribution >= 0.6 is 23.2 Å². The lowest BCUT2D eigenvalue weighted by Crippen LogP contribution is -2.58. The van der Waals surface area contributed by atoms with Gasteiger partial charge in [-0.25, -0.2) is 13.1 Å². The molecule has 0 aromatic heterocycles. The van der Waals surface area contributed by atoms with Gasteiger partial charge in [0.25, 0.3) is 0 Å². The minimum atomic E-state index is -3.56. The van der Waals surface area contributed by atoms with E-state index in [9.17, 15) is 23.1 Å². The number of carbonyl (C=O) groups excluding carboxylic acids is 1. The SMILES string of the molecule is CCC(CNS(=O)(=O)C1(C)CC1)N1C(=O)C(C)(CCC(=O)O)CC(c2cccc(Cl)c2)C1c1ccc(Cl)cc1. The van der Waals surface area contributed by atoms with E-state index in [2.05, 4.69) is 4.72 Å². The number of nitrogens with one attached hydrogen (secondary N) is 1. The fourth-order valence-electron chi connectivity index (χ4n) is 5.66. The summed E-state index contributed by atoms with van der Waals surface area (Å²) in [6.07, 6.45) is 2.17. The Morgan fingerprint density at radius 1 is 1.10 bits per heavy atom. The Morgan fingerprint density at radius 3 is 2.33 bits per heavy atom. The standard InChI is InChI=1S/C29H36Cl2N2O5S/c1-4-23(18-32-39(37,38)29(3)14-15-29)33-26(19-8-10-21(30)11-9-19)24(20-6-5-7-22(31)16-20)17-28(2,27(33)36)13-12-25(34)35/h5-11,16,23-24,26,32H,4,12-15,17-18H2,1-3H3,(H,34,35). The summed E-state index contributed by atoms with van der Waals surface area (Å²) in [4.78, 5) is 27.8. The molecule has 0 radical (unpaired) electrons. The van der Waals surface area contributed by atoms with Crippen LogP contribution in [0.3, 0.4) is 0 Å². The number of carboxylic acids is 1. The van der Waals surface area contributed by atoms with Gasteiger partial charge in [0.1, 0.15) is 0 Å². The first kappa shape index (κ1) is 29.8. The van der Waals surface area contributed by atoms with Crippen molar-refractivity contribution in [3.63, 3.8) is 0 Å². The van der Waals surface area contributed by atoms with Crippen molar-refractivity contribution < 1.29 is 23.1 Å². The second-order valence-corrected chi connectivity index (χ2v) is 14.5. The van der Waals surface area contributed by atoms with Gasteiger partial charge >= 0.3 is 5.97 Å². The number of hydrogen-bond donors (Lipinski definition) is 2. The molecule has 4 atom stereocenters. The van der Waals surface area contributed by atoms with Crippen LogP contribution in [0.15, 0.2) is 48.5 Å². The lowest BCUT2D eigenvalue weighted by molar-refractivity contribution is -0.156. The lowest BCUT2D eigenvalue weighted by atomic mass is 9.66. The molecule has 4 unspecified atom stereocenters. The predicted octanol–water partition coefficient (Wildman–Crippen LogP) is 6.17. The zero-order valence-electron chi connectivity index (χ0n) is 22.5. The normalized spacial score (nSPS) is 25.4. The third-order valence-corrected chi connectivity index (χ3v) is 11.2. The first-order chi connectivity index (χ1) is 18.3. The molecule has 1 amide bonds. The quantitative estimate of drug-likeness (QED) is 0.323. The number of carboxylic acid groups (broad SMARTS) is 1. The molecule has 10 heteroatoms. The number of likely N-dealkylation sites (tertiary alicyclic amines) is 1. The molecule has 1 aliphatic heterocycles. The van der Waals surface area contributed by atoms with Gasteiger partial charge in [0.2, 0.25) is 15.9 Å². The number of rotatable bonds is 11. The average molecular weight is 596 g/mol. The number of aliphatic carboxylic acids is 1. The van der Waals surface area contributed by atoms with Crippen LogP contribution in [-0.2, 0) is 19.6 Å². The van der Waals surface area contributed by atoms with Crippen molar-refractivity contribution in [3.05, 3.63) is 69.7 Å². The molecular weight excluding hydrogens is 559 g/mol. The van der Waals surface area contributed by atoms with E-state index in [0.717, 1.165) is 11.1 Å². The van der Waals surface area contributed by atoms with Crippen LogP contribution in [0.1, 0.15) is 82.4 Å². The van der Waals surface area contributed by atoms with Crippen LogP contribution in [0.2, 0.25) is 10.0 Å². The summed E-state index contributed by atoms with van der Waals surface area (Å²) in [6, 6.07) is 14.0. The molecule has 0 bridgehead atoms. The van der Waals surface area contributed by atoms with E-state index in [1.165, 1.54) is 0 Å². The first-order valence-electron chi connectivity index (χ1n) is 13.3. The monoisotopic (exact) mass is 594 g/mol. The molecule has 4 rings (SSSR count). The summed E-state index contributed by atoms with van der Waals surface area (Å²) in [5.41, 5.74) is 0.833. The van der Waals surface area contributed by atoms with Crippen LogP contribution in [-0.4, -0.2) is 47.6 Å². The van der Waals surface area contributed by atoms with Gasteiger partial charge in [-0.1, -0.05) is 61.3 Å². The summed E-state index contributed by atoms with van der Waals surface area (Å²) >= 11 is 12.6. The van der Waals surface area contributed by atoms with Gasteiger partial charge in [-0.15, -0.1) is 0 Å². The van der Waals surface area contributed by atoms with E-state index in [1.54, 1.807) is 30.0 Å². The topological polar surface area (TPSA) is 104 Å². The maximum atomic E-state index is 14.4. The van der Waals surface area contributed by atoms with Crippen molar-refractivity contribution in [2.45, 2.75) is 82.0 Å². The van der Waals surface area contributed by atoms with Crippen LogP contribution in [0.25, 0.3) is 0 Å². The van der Waals surface area contributed by atoms with E-state index < -0.39 is 38.2 Å². The van der Waals surface area contributed by atoms with Gasteiger partial charge in [-0.05, 0) is 74.4 Å². The number of piperidine rings is 1. The summed E-state index contributed by atoms with van der Waals surface area (Å²) in [6.45, 7) is 5.56. The zero-order valence-corrected chi connectivity index (χ0v) is 24.8. The van der Waals surface area contributed by atoms with Crippen molar-refractivity contribution in [2.24, 2.45) is 5.41 Å². The fourth-order valence-corrected chi connectivity index (χ4v) is 7.38. The minimum absolute atomic E-state index is 0.0710. The molecule has 1 aliphatic carbocycles. The van der Waals surface area contributed by atoms with Gasteiger partial charge in [-0.2, -0.15) is 0 Å². The van der Waals surface area contributed by atoms with E-state index >= 15 is 0 Å². The Labute approximate surface area is 240 Å². The summed E-state index contributed by atoms with van der Waals surface area (Å²) in [7, 11) is -3.56. The second-order valence-electron chi connectivity index (χ2n) is 11.4. The molecule has 0 spiro atoms. The maximum absolute atomic E-state index is 14.4. The van der Waals surface area contributed by atoms with Crippen LogP contribution in [0.5, 0.6) is 0 Å². The van der Waals surface area contributed by atoms with E-state index in [0.29, 0.717) is 35.7 Å². The number of sulfonamides is 1. The molecule has 1 heterocycles. The van der Waals surface area contributed by atoms with Crippen molar-refractivity contribution in [1.82, 2.24) is 9.62 Å². The lowest BCUT2D eigenvalue weighted by Gasteiger charge is -2.52. The van der Waals surface area contributed by atoms with Gasteiger partial charge in [0.05, 0.1) is 10.8 Å². The number of nitrogens with zero attached hydrogens (tertiary/aromatic N) is 1. The molecule has 2 aromatic rings. The first-order valence-corrected chi connectivity index (χ1v) is 15.6. The highest BCUT2D eigenvalue weighted by atomic mass is 35.5. The molecule has 7 nitrogen and oxygen atoms in total. The van der Waals surface area contributed by atoms with E-state index in [4.69, 9.17) is 23.2 Å². The van der Waals surface area contributed by atoms with Crippen molar-refractivity contribution in [1.29, 1.82) is 0 Å². The summed E-state index contributed by atoms with van der Waals surface area (Å²) in [5.74, 6) is -1.36. The third-order valence-electron chi connectivity index (χ3n) is 8.46. The highest BCUT2D eigenvalue weighted by Gasteiger charge is 2.53. The molecule has 2 fully saturated rings. The molecule has 1 saturated carbocycles. The Hall–Kier alpha value is -2.13. The van der Waals surface area contributed by atoms with E-state index in [1.807, 2.05) is 44.2 Å². The van der Waals surface area contributed by atoms with Gasteiger partial charge in [0, 0.05) is 40.4 Å². The van der Waals surface area contributed by atoms with Crippen molar-refractivity contribution >= 4 is 45.1 Å². The van der Waals surface area contributed by atoms with Gasteiger partial charge < -0.3 is 10.0 Å². The highest BCUT2D eigenvalue weighted by Crippen LogP contribution is 2.52. The number of halogens is 2. The molecule has 2 N–H and O–H groups in total. The van der Waals surface area contributed by atoms with Crippen LogP contribution < -0.4 is 4.72 Å². The molecular formula is C29H36Cl2N2O5S. The van der Waals surface area contributed by atoms with Crippen LogP contribution in [0.4, 0.5) is 0 Å². The molecule has 1 saturated heterocycles. The average Bonchev–Trinajstić information content (AvgIpc) is 3.65. The predicted molar refractivity (Wildman–Crippen MR) is 153 cm³/mol. The Bertz CT molecular complexity index is 1330. The number of hydrogen-bond acceptors (Lipinski definition) is 4. The Kier molecular flexibility index (Phi) is 8.72. The van der Waals surface area contributed by atoms with Crippen molar-refractivity contribution in [2.75, 3.05) is 6.54 Å². The summed E-state index contributed by atoms with van der Waals surface area (Å²) < 4.78 is 28.0. The molecule has 212 valence electrons. The van der Waals surface area contributed by atoms with Crippen molar-refractivity contribution in [3.8, 4) is 0 Å². The Balaban J connectivity index is 1.82. The highest BCUT2D eigenvalue weighted by molar-refractivity contribution is 7.91. The minimum Gasteiger partial charge on any atom is -0.481 e. The smallest absolute Gasteiger partial charge is 0.303 e. The van der Waals surface area contributed by atoms with Gasteiger partial charge in [-0.3, -0.25) is 9.59 Å². The summed E-state index contributed by atoms with van der Waals surface area (Å²) in [5, 5.41) is 10.6. The zero-order chi connectivity index (χ0) is 28.6. The number of amides is 1.